The minimum absolute atomic E-state index is 0.382. The van der Waals surface area contributed by atoms with Crippen molar-refractivity contribution in [1.82, 2.24) is 0 Å². The third kappa shape index (κ3) is 4.33. The van der Waals surface area contributed by atoms with Crippen LogP contribution >= 0.6 is 11.3 Å². The van der Waals surface area contributed by atoms with Gasteiger partial charge in [0.2, 0.25) is 0 Å². The van der Waals surface area contributed by atoms with E-state index >= 15 is 0 Å². The van der Waals surface area contributed by atoms with Crippen LogP contribution in [0.4, 0.5) is 0 Å². The molecule has 3 aromatic rings. The molecule has 0 bridgehead atoms. The number of para-hydroxylation sites is 1. The molecule has 1 heterocycles. The summed E-state index contributed by atoms with van der Waals surface area (Å²) in [6, 6.07) is 19.5. The van der Waals surface area contributed by atoms with E-state index in [0.29, 0.717) is 12.3 Å². The summed E-state index contributed by atoms with van der Waals surface area (Å²) in [4.78, 5) is 12.5. The maximum absolute atomic E-state index is 11.6. The Bertz CT molecular complexity index is 851. The fourth-order valence-corrected chi connectivity index (χ4v) is 3.73. The number of ether oxygens (including phenoxy) is 1. The number of rotatable bonds is 7. The quantitative estimate of drug-likeness (QED) is 0.551. The third-order valence-corrected chi connectivity index (χ3v) is 5.30. The minimum Gasteiger partial charge on any atom is -0.481 e. The zero-order valence-corrected chi connectivity index (χ0v) is 15.7. The molecule has 134 valence electrons. The molecule has 0 aliphatic heterocycles. The van der Waals surface area contributed by atoms with Crippen LogP contribution in [0.2, 0.25) is 0 Å². The lowest BCUT2D eigenvalue weighted by Gasteiger charge is -2.14. The average Bonchev–Trinajstić information content (AvgIpc) is 3.15. The zero-order chi connectivity index (χ0) is 18.5. The number of carbonyl (C=O) groups is 1. The average molecular weight is 366 g/mol. The second-order valence-electron chi connectivity index (χ2n) is 6.55. The molecule has 1 unspecified atom stereocenters. The topological polar surface area (TPSA) is 46.5 Å². The van der Waals surface area contributed by atoms with Crippen LogP contribution in [0.3, 0.4) is 0 Å². The van der Waals surface area contributed by atoms with Crippen LogP contribution in [0, 0.1) is 0 Å². The molecule has 0 aliphatic carbocycles. The van der Waals surface area contributed by atoms with Crippen molar-refractivity contribution in [3.8, 4) is 11.5 Å². The van der Waals surface area contributed by atoms with Gasteiger partial charge in [-0.1, -0.05) is 50.2 Å². The molecular weight excluding hydrogens is 344 g/mol. The highest BCUT2D eigenvalue weighted by Crippen LogP contribution is 2.31. The number of carboxylic acids is 1. The maximum atomic E-state index is 11.6. The van der Waals surface area contributed by atoms with E-state index in [1.54, 1.807) is 0 Å². The number of benzene rings is 2. The summed E-state index contributed by atoms with van der Waals surface area (Å²) in [5.74, 6) is 0.691. The first-order chi connectivity index (χ1) is 12.5. The van der Waals surface area contributed by atoms with Crippen LogP contribution in [0.15, 0.2) is 66.0 Å². The molecule has 1 aromatic heterocycles. The molecule has 0 saturated carbocycles. The summed E-state index contributed by atoms with van der Waals surface area (Å²) in [7, 11) is 0. The van der Waals surface area contributed by atoms with E-state index in [1.807, 2.05) is 60.0 Å². The van der Waals surface area contributed by atoms with Crippen molar-refractivity contribution in [2.24, 2.45) is 0 Å². The highest BCUT2D eigenvalue weighted by Gasteiger charge is 2.21. The number of aliphatic carboxylic acids is 1. The zero-order valence-electron chi connectivity index (χ0n) is 14.9. The molecule has 3 rings (SSSR count). The van der Waals surface area contributed by atoms with Crippen molar-refractivity contribution in [3.05, 3.63) is 82.0 Å². The molecule has 0 amide bonds. The standard InChI is InChI=1S/C22H22O3S/c1-15(2)18-6-3-4-7-20(18)25-17-11-9-16(10-12-17)14-19(22(23)24)21-8-5-13-26-21/h3-13,15,19H,14H2,1-2H3,(H,23,24). The summed E-state index contributed by atoms with van der Waals surface area (Å²) in [6.45, 7) is 4.28. The predicted octanol–water partition coefficient (Wildman–Crippen LogP) is 6.07. The van der Waals surface area contributed by atoms with Crippen LogP contribution in [0.25, 0.3) is 0 Å². The summed E-state index contributed by atoms with van der Waals surface area (Å²) in [5.41, 5.74) is 2.15. The smallest absolute Gasteiger partial charge is 0.312 e. The van der Waals surface area contributed by atoms with E-state index < -0.39 is 11.9 Å². The fourth-order valence-electron chi connectivity index (χ4n) is 2.91. The van der Waals surface area contributed by atoms with Crippen LogP contribution < -0.4 is 4.74 Å². The molecule has 4 heteroatoms. The molecular formula is C22H22O3S. The lowest BCUT2D eigenvalue weighted by molar-refractivity contribution is -0.138. The summed E-state index contributed by atoms with van der Waals surface area (Å²) in [5, 5.41) is 11.4. The monoisotopic (exact) mass is 366 g/mol. The van der Waals surface area contributed by atoms with Gasteiger partial charge in [0.15, 0.2) is 0 Å². The Morgan fingerprint density at radius 3 is 2.38 bits per heavy atom. The minimum atomic E-state index is -0.793. The van der Waals surface area contributed by atoms with Crippen LogP contribution in [-0.4, -0.2) is 11.1 Å². The van der Waals surface area contributed by atoms with Crippen molar-refractivity contribution in [1.29, 1.82) is 0 Å². The first kappa shape index (κ1) is 18.2. The van der Waals surface area contributed by atoms with Crippen LogP contribution in [0.5, 0.6) is 11.5 Å². The number of hydrogen-bond donors (Lipinski definition) is 1. The van der Waals surface area contributed by atoms with Gasteiger partial charge >= 0.3 is 5.97 Å². The summed E-state index contributed by atoms with van der Waals surface area (Å²) >= 11 is 1.48. The van der Waals surface area contributed by atoms with Crippen molar-refractivity contribution in [3.63, 3.8) is 0 Å². The van der Waals surface area contributed by atoms with Gasteiger partial charge in [-0.05, 0) is 53.1 Å². The van der Waals surface area contributed by atoms with Gasteiger partial charge < -0.3 is 9.84 Å². The van der Waals surface area contributed by atoms with E-state index in [1.165, 1.54) is 16.9 Å². The molecule has 0 fully saturated rings. The van der Waals surface area contributed by atoms with E-state index in [2.05, 4.69) is 19.9 Å². The molecule has 1 N–H and O–H groups in total. The highest BCUT2D eigenvalue weighted by atomic mass is 32.1. The van der Waals surface area contributed by atoms with E-state index in [-0.39, 0.29) is 0 Å². The van der Waals surface area contributed by atoms with Gasteiger partial charge in [0.25, 0.3) is 0 Å². The Morgan fingerprint density at radius 1 is 1.04 bits per heavy atom. The Balaban J connectivity index is 1.74. The van der Waals surface area contributed by atoms with E-state index in [4.69, 9.17) is 4.74 Å². The van der Waals surface area contributed by atoms with Gasteiger partial charge in [-0.2, -0.15) is 0 Å². The van der Waals surface area contributed by atoms with Crippen LogP contribution in [-0.2, 0) is 11.2 Å². The summed E-state index contributed by atoms with van der Waals surface area (Å²) < 4.78 is 6.04. The van der Waals surface area contributed by atoms with Gasteiger partial charge in [0.05, 0.1) is 5.92 Å². The van der Waals surface area contributed by atoms with Crippen molar-refractivity contribution in [2.45, 2.75) is 32.1 Å². The van der Waals surface area contributed by atoms with Crippen molar-refractivity contribution >= 4 is 17.3 Å². The first-order valence-corrected chi connectivity index (χ1v) is 9.54. The molecule has 2 aromatic carbocycles. The lowest BCUT2D eigenvalue weighted by atomic mass is 9.98. The largest absolute Gasteiger partial charge is 0.481 e. The second-order valence-corrected chi connectivity index (χ2v) is 7.53. The molecule has 3 nitrogen and oxygen atoms in total. The summed E-state index contributed by atoms with van der Waals surface area (Å²) in [6.07, 6.45) is 0.471. The third-order valence-electron chi connectivity index (χ3n) is 4.32. The Morgan fingerprint density at radius 2 is 1.77 bits per heavy atom. The Labute approximate surface area is 157 Å². The molecule has 26 heavy (non-hydrogen) atoms. The Kier molecular flexibility index (Phi) is 5.74. The van der Waals surface area contributed by atoms with Gasteiger partial charge in [-0.3, -0.25) is 4.79 Å². The van der Waals surface area contributed by atoms with Gasteiger partial charge in [0, 0.05) is 4.88 Å². The van der Waals surface area contributed by atoms with Crippen molar-refractivity contribution < 1.29 is 14.6 Å². The SMILES string of the molecule is CC(C)c1ccccc1Oc1ccc(CC(C(=O)O)c2cccs2)cc1. The molecule has 0 spiro atoms. The normalized spacial score (nSPS) is 12.1. The second kappa shape index (κ2) is 8.19. The van der Waals surface area contributed by atoms with Crippen molar-refractivity contribution in [2.75, 3.05) is 0 Å². The van der Waals surface area contributed by atoms with Gasteiger partial charge in [-0.25, -0.2) is 0 Å². The highest BCUT2D eigenvalue weighted by molar-refractivity contribution is 7.10. The lowest BCUT2D eigenvalue weighted by Crippen LogP contribution is -2.13. The molecule has 1 atom stereocenters. The van der Waals surface area contributed by atoms with Gasteiger partial charge in [-0.15, -0.1) is 11.3 Å². The number of thiophene rings is 1. The predicted molar refractivity (Wildman–Crippen MR) is 105 cm³/mol. The number of hydrogen-bond acceptors (Lipinski definition) is 3. The maximum Gasteiger partial charge on any atom is 0.312 e. The fraction of sp³-hybridized carbons (Fsp3) is 0.227. The van der Waals surface area contributed by atoms with E-state index in [9.17, 15) is 9.90 Å². The van der Waals surface area contributed by atoms with Crippen LogP contribution in [0.1, 0.15) is 41.7 Å². The first-order valence-electron chi connectivity index (χ1n) is 8.66. The number of carboxylic acid groups (broad SMARTS) is 1. The molecule has 0 saturated heterocycles. The van der Waals surface area contributed by atoms with E-state index in [0.717, 1.165) is 21.9 Å². The Hall–Kier alpha value is -2.59. The van der Waals surface area contributed by atoms with Gasteiger partial charge in [0.1, 0.15) is 11.5 Å². The molecule has 0 radical (unpaired) electrons. The molecule has 0 aliphatic rings.